The topological polar surface area (TPSA) is 49.3 Å². The molecule has 2 unspecified atom stereocenters. The lowest BCUT2D eigenvalue weighted by atomic mass is 9.90. The van der Waals surface area contributed by atoms with Gasteiger partial charge in [0, 0.05) is 12.0 Å². The number of amides is 1. The van der Waals surface area contributed by atoms with E-state index in [4.69, 9.17) is 0 Å². The third-order valence-corrected chi connectivity index (χ3v) is 5.74. The van der Waals surface area contributed by atoms with Gasteiger partial charge in [-0.15, -0.1) is 0 Å². The molecule has 130 valence electrons. The summed E-state index contributed by atoms with van der Waals surface area (Å²) >= 11 is 0. The van der Waals surface area contributed by atoms with Crippen LogP contribution in [0.1, 0.15) is 48.8 Å². The van der Waals surface area contributed by atoms with Crippen LogP contribution in [0.3, 0.4) is 0 Å². The predicted octanol–water partition coefficient (Wildman–Crippen LogP) is 3.81. The van der Waals surface area contributed by atoms with Crippen LogP contribution >= 0.6 is 0 Å². The van der Waals surface area contributed by atoms with Crippen molar-refractivity contribution < 1.29 is 9.90 Å². The van der Waals surface area contributed by atoms with Crippen LogP contribution in [0.2, 0.25) is 0 Å². The van der Waals surface area contributed by atoms with Gasteiger partial charge in [-0.25, -0.2) is 0 Å². The van der Waals surface area contributed by atoms with Crippen LogP contribution < -0.4 is 5.32 Å². The fraction of sp³-hybridized carbons (Fsp3) is 0.409. The Kier molecular flexibility index (Phi) is 4.34. The van der Waals surface area contributed by atoms with Crippen molar-refractivity contribution in [1.82, 2.24) is 5.32 Å². The number of rotatable bonds is 7. The standard InChI is InChI=1S/C22H25NO2/c24-20(18-9-5-2-6-10-18)22(13-14-22)15-23-21(25)19(17-11-12-17)16-7-3-1-4-8-16/h1-10,17,19-20,24H,11-15H2,(H,23,25). The quantitative estimate of drug-likeness (QED) is 0.808. The lowest BCUT2D eigenvalue weighted by molar-refractivity contribution is -0.123. The summed E-state index contributed by atoms with van der Waals surface area (Å²) < 4.78 is 0. The third-order valence-electron chi connectivity index (χ3n) is 5.74. The summed E-state index contributed by atoms with van der Waals surface area (Å²) in [5.74, 6) is 0.530. The minimum atomic E-state index is -0.509. The van der Waals surface area contributed by atoms with Crippen LogP contribution in [-0.2, 0) is 4.79 Å². The Balaban J connectivity index is 1.43. The molecule has 0 aliphatic heterocycles. The maximum atomic E-state index is 12.9. The smallest absolute Gasteiger partial charge is 0.227 e. The molecule has 2 aliphatic carbocycles. The molecule has 3 nitrogen and oxygen atoms in total. The number of hydrogen-bond acceptors (Lipinski definition) is 2. The molecule has 2 fully saturated rings. The second-order valence-electron chi connectivity index (χ2n) is 7.62. The Morgan fingerprint density at radius 3 is 2.08 bits per heavy atom. The van der Waals surface area contributed by atoms with Crippen molar-refractivity contribution in [2.45, 2.75) is 37.7 Å². The SMILES string of the molecule is O=C(NCC1(C(O)c2ccccc2)CC1)C(c1ccccc1)C1CC1. The second kappa shape index (κ2) is 6.64. The Morgan fingerprint density at radius 1 is 1.00 bits per heavy atom. The highest BCUT2D eigenvalue weighted by Gasteiger charge is 2.50. The van der Waals surface area contributed by atoms with Crippen LogP contribution in [0.5, 0.6) is 0 Å². The molecule has 2 N–H and O–H groups in total. The van der Waals surface area contributed by atoms with Gasteiger partial charge in [0.25, 0.3) is 0 Å². The van der Waals surface area contributed by atoms with E-state index in [-0.39, 0.29) is 17.2 Å². The van der Waals surface area contributed by atoms with E-state index in [1.165, 1.54) is 0 Å². The number of aliphatic hydroxyl groups excluding tert-OH is 1. The fourth-order valence-electron chi connectivity index (χ4n) is 3.80. The van der Waals surface area contributed by atoms with Gasteiger partial charge in [-0.3, -0.25) is 4.79 Å². The molecule has 0 bridgehead atoms. The molecule has 2 saturated carbocycles. The van der Waals surface area contributed by atoms with Crippen molar-refractivity contribution in [2.75, 3.05) is 6.54 Å². The van der Waals surface area contributed by atoms with E-state index in [1.807, 2.05) is 60.7 Å². The van der Waals surface area contributed by atoms with E-state index in [0.717, 1.165) is 36.8 Å². The predicted molar refractivity (Wildman–Crippen MR) is 98.0 cm³/mol. The van der Waals surface area contributed by atoms with Crippen LogP contribution in [0.15, 0.2) is 60.7 Å². The molecular weight excluding hydrogens is 310 g/mol. The Labute approximate surface area is 149 Å². The van der Waals surface area contributed by atoms with Crippen molar-refractivity contribution >= 4 is 5.91 Å². The van der Waals surface area contributed by atoms with Crippen LogP contribution in [0.4, 0.5) is 0 Å². The number of nitrogens with one attached hydrogen (secondary N) is 1. The number of hydrogen-bond donors (Lipinski definition) is 2. The van der Waals surface area contributed by atoms with Gasteiger partial charge in [0.2, 0.25) is 5.91 Å². The van der Waals surface area contributed by atoms with Gasteiger partial charge in [0.1, 0.15) is 0 Å². The highest BCUT2D eigenvalue weighted by atomic mass is 16.3. The lowest BCUT2D eigenvalue weighted by Gasteiger charge is -2.25. The van der Waals surface area contributed by atoms with Crippen LogP contribution in [0.25, 0.3) is 0 Å². The number of carbonyl (C=O) groups excluding carboxylic acids is 1. The molecule has 3 heteroatoms. The van der Waals surface area contributed by atoms with E-state index in [9.17, 15) is 9.90 Å². The van der Waals surface area contributed by atoms with Crippen molar-refractivity contribution in [3.05, 3.63) is 71.8 Å². The van der Waals surface area contributed by atoms with Crippen molar-refractivity contribution in [1.29, 1.82) is 0 Å². The maximum Gasteiger partial charge on any atom is 0.227 e. The first-order chi connectivity index (χ1) is 12.2. The summed E-state index contributed by atoms with van der Waals surface area (Å²) in [6, 6.07) is 19.9. The van der Waals surface area contributed by atoms with E-state index in [2.05, 4.69) is 5.32 Å². The van der Waals surface area contributed by atoms with Gasteiger partial charge >= 0.3 is 0 Å². The van der Waals surface area contributed by atoms with Gasteiger partial charge in [-0.05, 0) is 42.7 Å². The molecule has 0 spiro atoms. The Bertz CT molecular complexity index is 720. The van der Waals surface area contributed by atoms with E-state index >= 15 is 0 Å². The number of carbonyl (C=O) groups is 1. The highest BCUT2D eigenvalue weighted by molar-refractivity contribution is 5.84. The molecule has 0 heterocycles. The third kappa shape index (κ3) is 3.47. The van der Waals surface area contributed by atoms with Crippen molar-refractivity contribution in [3.8, 4) is 0 Å². The summed E-state index contributed by atoms with van der Waals surface area (Å²) in [7, 11) is 0. The molecule has 1 amide bonds. The molecule has 2 aromatic carbocycles. The van der Waals surface area contributed by atoms with Crippen LogP contribution in [-0.4, -0.2) is 17.6 Å². The van der Waals surface area contributed by atoms with E-state index < -0.39 is 6.10 Å². The monoisotopic (exact) mass is 335 g/mol. The van der Waals surface area contributed by atoms with Gasteiger partial charge in [-0.2, -0.15) is 0 Å². The summed E-state index contributed by atoms with van der Waals surface area (Å²) in [4.78, 5) is 12.9. The Morgan fingerprint density at radius 2 is 1.56 bits per heavy atom. The molecular formula is C22H25NO2. The fourth-order valence-corrected chi connectivity index (χ4v) is 3.80. The number of benzene rings is 2. The summed E-state index contributed by atoms with van der Waals surface area (Å²) in [5, 5.41) is 13.9. The normalized spacial score (nSPS) is 20.5. The largest absolute Gasteiger partial charge is 0.388 e. The van der Waals surface area contributed by atoms with Gasteiger partial charge in [-0.1, -0.05) is 60.7 Å². The molecule has 0 aromatic heterocycles. The highest BCUT2D eigenvalue weighted by Crippen LogP contribution is 2.54. The first-order valence-electron chi connectivity index (χ1n) is 9.25. The maximum absolute atomic E-state index is 12.9. The first kappa shape index (κ1) is 16.3. The zero-order chi connectivity index (χ0) is 17.3. The van der Waals surface area contributed by atoms with Gasteiger partial charge < -0.3 is 10.4 Å². The van der Waals surface area contributed by atoms with Gasteiger partial charge in [0.05, 0.1) is 12.0 Å². The first-order valence-corrected chi connectivity index (χ1v) is 9.25. The minimum absolute atomic E-state index is 0.0501. The summed E-state index contributed by atoms with van der Waals surface area (Å²) in [5.41, 5.74) is 1.86. The van der Waals surface area contributed by atoms with E-state index in [1.54, 1.807) is 0 Å². The second-order valence-corrected chi connectivity index (χ2v) is 7.62. The summed E-state index contributed by atoms with van der Waals surface area (Å²) in [6.45, 7) is 0.554. The Hall–Kier alpha value is -2.13. The molecule has 0 saturated heterocycles. The minimum Gasteiger partial charge on any atom is -0.388 e. The zero-order valence-corrected chi connectivity index (χ0v) is 14.4. The zero-order valence-electron chi connectivity index (χ0n) is 14.4. The molecule has 0 radical (unpaired) electrons. The average molecular weight is 335 g/mol. The molecule has 4 rings (SSSR count). The van der Waals surface area contributed by atoms with Crippen molar-refractivity contribution in [2.24, 2.45) is 11.3 Å². The molecule has 2 atom stereocenters. The van der Waals surface area contributed by atoms with Crippen molar-refractivity contribution in [3.63, 3.8) is 0 Å². The molecule has 2 aromatic rings. The molecule has 25 heavy (non-hydrogen) atoms. The average Bonchev–Trinajstić information content (AvgIpc) is 3.57. The summed E-state index contributed by atoms with van der Waals surface area (Å²) in [6.07, 6.45) is 3.67. The van der Waals surface area contributed by atoms with Crippen LogP contribution in [0, 0.1) is 11.3 Å². The van der Waals surface area contributed by atoms with E-state index in [0.29, 0.717) is 12.5 Å². The van der Waals surface area contributed by atoms with Gasteiger partial charge in [0.15, 0.2) is 0 Å². The molecule has 2 aliphatic rings. The lowest BCUT2D eigenvalue weighted by Crippen LogP contribution is -2.37. The number of aliphatic hydroxyl groups is 1.